The van der Waals surface area contributed by atoms with Crippen LogP contribution in [-0.4, -0.2) is 48.8 Å². The lowest BCUT2D eigenvalue weighted by Gasteiger charge is -2.44. The Morgan fingerprint density at radius 3 is 2.61 bits per heavy atom. The molecular formula is C14H25N3O. The Hall–Kier alpha value is -0.630. The molecule has 4 heteroatoms. The highest BCUT2D eigenvalue weighted by Crippen LogP contribution is 2.40. The van der Waals surface area contributed by atoms with Crippen molar-refractivity contribution in [3.63, 3.8) is 0 Å². The second-order valence-corrected chi connectivity index (χ2v) is 6.47. The highest BCUT2D eigenvalue weighted by molar-refractivity contribution is 5.16. The predicted octanol–water partition coefficient (Wildman–Crippen LogP) is 1.38. The van der Waals surface area contributed by atoms with E-state index < -0.39 is 0 Å². The predicted molar refractivity (Wildman–Crippen MR) is 71.2 cm³/mol. The van der Waals surface area contributed by atoms with Crippen LogP contribution >= 0.6 is 0 Å². The topological polar surface area (TPSA) is 48.3 Å². The SMILES string of the molecule is CNC(C#N)(CN1CC(C)OC(C)(C)C1)C1CC1. The van der Waals surface area contributed by atoms with E-state index in [1.165, 1.54) is 12.8 Å². The summed E-state index contributed by atoms with van der Waals surface area (Å²) in [6.07, 6.45) is 2.59. The van der Waals surface area contributed by atoms with Crippen LogP contribution in [0, 0.1) is 17.2 Å². The summed E-state index contributed by atoms with van der Waals surface area (Å²) in [5, 5.41) is 12.8. The molecule has 2 atom stereocenters. The highest BCUT2D eigenvalue weighted by Gasteiger charge is 2.47. The maximum absolute atomic E-state index is 9.54. The molecule has 0 spiro atoms. The van der Waals surface area contributed by atoms with Crippen LogP contribution in [0.3, 0.4) is 0 Å². The molecule has 2 aliphatic rings. The van der Waals surface area contributed by atoms with Gasteiger partial charge >= 0.3 is 0 Å². The Morgan fingerprint density at radius 1 is 1.50 bits per heavy atom. The molecule has 2 rings (SSSR count). The minimum absolute atomic E-state index is 0.115. The molecule has 2 fully saturated rings. The van der Waals surface area contributed by atoms with Gasteiger partial charge in [-0.3, -0.25) is 4.90 Å². The number of hydrogen-bond donors (Lipinski definition) is 1. The van der Waals surface area contributed by atoms with Gasteiger partial charge in [-0.15, -0.1) is 0 Å². The van der Waals surface area contributed by atoms with E-state index >= 15 is 0 Å². The van der Waals surface area contributed by atoms with Gasteiger partial charge in [0.1, 0.15) is 5.54 Å². The number of hydrogen-bond acceptors (Lipinski definition) is 4. The fourth-order valence-corrected chi connectivity index (χ4v) is 3.23. The first-order chi connectivity index (χ1) is 8.41. The molecule has 0 bridgehead atoms. The fourth-order valence-electron chi connectivity index (χ4n) is 3.23. The van der Waals surface area contributed by atoms with E-state index in [1.54, 1.807) is 0 Å². The lowest BCUT2D eigenvalue weighted by Crippen LogP contribution is -2.59. The summed E-state index contributed by atoms with van der Waals surface area (Å²) < 4.78 is 5.92. The third-order valence-corrected chi connectivity index (χ3v) is 4.03. The van der Waals surface area contributed by atoms with Crippen molar-refractivity contribution in [1.29, 1.82) is 5.26 Å². The summed E-state index contributed by atoms with van der Waals surface area (Å²) in [6.45, 7) is 8.98. The second-order valence-electron chi connectivity index (χ2n) is 6.47. The van der Waals surface area contributed by atoms with Crippen molar-refractivity contribution in [3.05, 3.63) is 0 Å². The van der Waals surface area contributed by atoms with Gasteiger partial charge in [0.05, 0.1) is 17.8 Å². The van der Waals surface area contributed by atoms with Gasteiger partial charge in [0.2, 0.25) is 0 Å². The van der Waals surface area contributed by atoms with Gasteiger partial charge < -0.3 is 10.1 Å². The summed E-state index contributed by atoms with van der Waals surface area (Å²) in [6, 6.07) is 2.52. The molecule has 0 amide bonds. The number of likely N-dealkylation sites (N-methyl/N-ethyl adjacent to an activating group) is 1. The van der Waals surface area contributed by atoms with E-state index in [1.807, 2.05) is 7.05 Å². The van der Waals surface area contributed by atoms with Crippen LogP contribution in [0.2, 0.25) is 0 Å². The molecule has 1 saturated carbocycles. The van der Waals surface area contributed by atoms with E-state index in [0.29, 0.717) is 5.92 Å². The van der Waals surface area contributed by atoms with Gasteiger partial charge in [-0.1, -0.05) is 0 Å². The largest absolute Gasteiger partial charge is 0.370 e. The first kappa shape index (κ1) is 13.8. The number of nitriles is 1. The molecule has 1 heterocycles. The minimum atomic E-state index is -0.368. The molecule has 102 valence electrons. The molecule has 1 saturated heterocycles. The Labute approximate surface area is 110 Å². The summed E-state index contributed by atoms with van der Waals surface area (Å²) in [4.78, 5) is 2.38. The number of ether oxygens (including phenoxy) is 1. The van der Waals surface area contributed by atoms with Crippen LogP contribution in [0.4, 0.5) is 0 Å². The smallest absolute Gasteiger partial charge is 0.122 e. The molecule has 1 aliphatic carbocycles. The molecule has 18 heavy (non-hydrogen) atoms. The van der Waals surface area contributed by atoms with Gasteiger partial charge in [0.15, 0.2) is 0 Å². The van der Waals surface area contributed by atoms with E-state index in [9.17, 15) is 5.26 Å². The first-order valence-electron chi connectivity index (χ1n) is 6.91. The van der Waals surface area contributed by atoms with Crippen molar-refractivity contribution in [2.75, 3.05) is 26.7 Å². The zero-order valence-corrected chi connectivity index (χ0v) is 12.0. The average Bonchev–Trinajstić information content (AvgIpc) is 3.07. The standard InChI is InChI=1S/C14H25N3O/c1-11-7-17(9-13(2,3)18-11)10-14(8-15,16-4)12-5-6-12/h11-12,16H,5-7,9-10H2,1-4H3. The molecular weight excluding hydrogens is 226 g/mol. The molecule has 0 aromatic heterocycles. The number of nitrogens with zero attached hydrogens (tertiary/aromatic N) is 2. The van der Waals surface area contributed by atoms with E-state index in [-0.39, 0.29) is 17.2 Å². The third-order valence-electron chi connectivity index (χ3n) is 4.03. The lowest BCUT2D eigenvalue weighted by atomic mass is 9.93. The summed E-state index contributed by atoms with van der Waals surface area (Å²) in [7, 11) is 1.91. The number of nitrogens with one attached hydrogen (secondary N) is 1. The van der Waals surface area contributed by atoms with Crippen molar-refractivity contribution in [2.24, 2.45) is 5.92 Å². The van der Waals surface area contributed by atoms with E-state index in [2.05, 4.69) is 37.1 Å². The normalized spacial score (nSPS) is 31.6. The Kier molecular flexibility index (Phi) is 3.68. The maximum Gasteiger partial charge on any atom is 0.122 e. The number of rotatable bonds is 4. The summed E-state index contributed by atoms with van der Waals surface area (Å²) >= 11 is 0. The second kappa shape index (κ2) is 4.80. The summed E-state index contributed by atoms with van der Waals surface area (Å²) in [5.74, 6) is 0.522. The van der Waals surface area contributed by atoms with Crippen LogP contribution in [0.25, 0.3) is 0 Å². The Balaban J connectivity index is 2.05. The summed E-state index contributed by atoms with van der Waals surface area (Å²) in [5.41, 5.74) is -0.483. The Morgan fingerprint density at radius 2 is 2.17 bits per heavy atom. The van der Waals surface area contributed by atoms with Crippen molar-refractivity contribution < 1.29 is 4.74 Å². The van der Waals surface area contributed by atoms with Gasteiger partial charge in [-0.2, -0.15) is 5.26 Å². The van der Waals surface area contributed by atoms with Gasteiger partial charge in [-0.05, 0) is 46.6 Å². The first-order valence-corrected chi connectivity index (χ1v) is 6.91. The Bertz CT molecular complexity index is 345. The minimum Gasteiger partial charge on any atom is -0.370 e. The molecule has 4 nitrogen and oxygen atoms in total. The monoisotopic (exact) mass is 251 g/mol. The third kappa shape index (κ3) is 2.85. The van der Waals surface area contributed by atoms with Gasteiger partial charge in [0, 0.05) is 19.6 Å². The van der Waals surface area contributed by atoms with Crippen molar-refractivity contribution in [1.82, 2.24) is 10.2 Å². The van der Waals surface area contributed by atoms with Crippen LogP contribution in [-0.2, 0) is 4.74 Å². The van der Waals surface area contributed by atoms with E-state index in [0.717, 1.165) is 19.6 Å². The van der Waals surface area contributed by atoms with Crippen LogP contribution in [0.1, 0.15) is 33.6 Å². The fraction of sp³-hybridized carbons (Fsp3) is 0.929. The molecule has 1 N–H and O–H groups in total. The number of morpholine rings is 1. The molecule has 2 unspecified atom stereocenters. The van der Waals surface area contributed by atoms with Gasteiger partial charge in [0.25, 0.3) is 0 Å². The van der Waals surface area contributed by atoms with E-state index in [4.69, 9.17) is 4.74 Å². The van der Waals surface area contributed by atoms with Crippen molar-refractivity contribution in [2.45, 2.75) is 50.9 Å². The van der Waals surface area contributed by atoms with Crippen LogP contribution < -0.4 is 5.32 Å². The van der Waals surface area contributed by atoms with Crippen molar-refractivity contribution in [3.8, 4) is 6.07 Å². The molecule has 1 aliphatic heterocycles. The molecule has 0 aromatic rings. The molecule has 0 aromatic carbocycles. The highest BCUT2D eigenvalue weighted by atomic mass is 16.5. The average molecular weight is 251 g/mol. The van der Waals surface area contributed by atoms with Crippen molar-refractivity contribution >= 4 is 0 Å². The van der Waals surface area contributed by atoms with Crippen LogP contribution in [0.5, 0.6) is 0 Å². The van der Waals surface area contributed by atoms with Gasteiger partial charge in [-0.25, -0.2) is 0 Å². The van der Waals surface area contributed by atoms with Crippen LogP contribution in [0.15, 0.2) is 0 Å². The zero-order valence-electron chi connectivity index (χ0n) is 12.0. The quantitative estimate of drug-likeness (QED) is 0.820. The lowest BCUT2D eigenvalue weighted by molar-refractivity contribution is -0.131. The zero-order chi connectivity index (χ0) is 13.4. The maximum atomic E-state index is 9.54. The molecule has 0 radical (unpaired) electrons.